The molecule has 8 aromatic rings. The van der Waals surface area contributed by atoms with Crippen molar-refractivity contribution in [2.24, 2.45) is 0 Å². The van der Waals surface area contributed by atoms with E-state index >= 15 is 0 Å². The smallest absolute Gasteiger partial charge is 0.143 e. The quantitative estimate of drug-likeness (QED) is 0.224. The molecule has 0 radical (unpaired) electrons. The summed E-state index contributed by atoms with van der Waals surface area (Å²) in [5, 5.41) is 2.23. The molecule has 8 rings (SSSR count). The molecule has 0 saturated heterocycles. The summed E-state index contributed by atoms with van der Waals surface area (Å²) in [5.74, 6) is 0. The van der Waals surface area contributed by atoms with E-state index in [2.05, 4.69) is 0 Å². The molecule has 0 unspecified atom stereocenters. The van der Waals surface area contributed by atoms with E-state index in [0.29, 0.717) is 16.5 Å². The van der Waals surface area contributed by atoms with Gasteiger partial charge in [0.25, 0.3) is 0 Å². The van der Waals surface area contributed by atoms with Gasteiger partial charge in [-0.25, -0.2) is 0 Å². The lowest BCUT2D eigenvalue weighted by Crippen LogP contribution is -1.91. The monoisotopic (exact) mass is 481 g/mol. The zero-order chi connectivity index (χ0) is 33.9. The van der Waals surface area contributed by atoms with Crippen LogP contribution in [0, 0.1) is 0 Å². The van der Waals surface area contributed by atoms with Crippen molar-refractivity contribution in [3.05, 3.63) is 133 Å². The Hall–Kier alpha value is -4.88. The Morgan fingerprint density at radius 3 is 1.86 bits per heavy atom. The highest BCUT2D eigenvalue weighted by atomic mass is 16.3. The molecule has 1 aromatic heterocycles. The van der Waals surface area contributed by atoms with E-state index in [-0.39, 0.29) is 55.2 Å². The molecule has 0 bridgehead atoms. The molecule has 1 nitrogen and oxygen atoms in total. The van der Waals surface area contributed by atoms with Crippen LogP contribution in [0.3, 0.4) is 0 Å². The van der Waals surface area contributed by atoms with Crippen molar-refractivity contribution >= 4 is 54.3 Å². The van der Waals surface area contributed by atoms with Gasteiger partial charge >= 0.3 is 0 Å². The van der Waals surface area contributed by atoms with Crippen molar-refractivity contribution in [2.45, 2.75) is 0 Å². The van der Waals surface area contributed by atoms with E-state index in [0.717, 1.165) is 10.8 Å². The second-order valence-electron chi connectivity index (χ2n) is 8.86. The summed E-state index contributed by atoms with van der Waals surface area (Å²) < 4.78 is 105. The van der Waals surface area contributed by atoms with Gasteiger partial charge < -0.3 is 4.42 Å². The summed E-state index contributed by atoms with van der Waals surface area (Å²) in [6.07, 6.45) is 0. The van der Waals surface area contributed by atoms with Crippen molar-refractivity contribution < 1.29 is 19.5 Å². The van der Waals surface area contributed by atoms with Gasteiger partial charge in [-0.3, -0.25) is 0 Å². The molecule has 1 heterocycles. The van der Waals surface area contributed by atoms with E-state index < -0.39 is 60.4 Å². The minimum absolute atomic E-state index is 0.00285. The summed E-state index contributed by atoms with van der Waals surface area (Å²) in [7, 11) is 0. The number of para-hydroxylation sites is 2. The van der Waals surface area contributed by atoms with Crippen LogP contribution >= 0.6 is 0 Å². The van der Waals surface area contributed by atoms with Crippen molar-refractivity contribution in [1.29, 1.82) is 0 Å². The van der Waals surface area contributed by atoms with E-state index in [4.69, 9.17) is 12.6 Å². The summed E-state index contributed by atoms with van der Waals surface area (Å²) in [6.45, 7) is 0. The van der Waals surface area contributed by atoms with E-state index in [1.54, 1.807) is 30.3 Å². The molecule has 0 spiro atoms. The van der Waals surface area contributed by atoms with Gasteiger partial charge in [0.1, 0.15) is 11.2 Å². The van der Waals surface area contributed by atoms with Gasteiger partial charge in [0.05, 0.1) is 15.1 Å². The predicted molar refractivity (Wildman–Crippen MR) is 157 cm³/mol. The highest BCUT2D eigenvalue weighted by molar-refractivity contribution is 6.24. The molecule has 172 valence electrons. The lowest BCUT2D eigenvalue weighted by atomic mass is 9.85. The molecule has 0 saturated carbocycles. The van der Waals surface area contributed by atoms with Gasteiger partial charge in [0.15, 0.2) is 0 Å². The first-order chi connectivity index (χ1) is 22.9. The molecule has 0 N–H and O–H groups in total. The Labute approximate surface area is 229 Å². The highest BCUT2D eigenvalue weighted by Crippen LogP contribution is 2.46. The molecule has 0 aliphatic rings. The van der Waals surface area contributed by atoms with Crippen LogP contribution in [0.4, 0.5) is 0 Å². The predicted octanol–water partition coefficient (Wildman–Crippen LogP) is 10.4. The lowest BCUT2D eigenvalue weighted by molar-refractivity contribution is 0.670. The van der Waals surface area contributed by atoms with Crippen LogP contribution in [0.25, 0.3) is 76.5 Å². The second kappa shape index (κ2) is 7.81. The number of benzene rings is 7. The maximum absolute atomic E-state index is 9.22. The maximum atomic E-state index is 9.22. The molecule has 1 heteroatoms. The molecule has 0 atom stereocenters. The molecular weight excluding hydrogens is 448 g/mol. The third kappa shape index (κ3) is 2.98. The standard InChI is InChI=1S/C36H22O/c1-2-11-24-22-25(21-20-23(24)10-1)34-27-13-3-5-15-29(27)35(30-16-6-4-14-28(30)34)32-18-9-17-31-26-12-7-8-19-33(26)37-36(31)32/h1-22H/i3D,4D,5D,6D,9D,13D,14D,15D,16D,17D,18D. The molecule has 0 fully saturated rings. The molecule has 0 amide bonds. The summed E-state index contributed by atoms with van der Waals surface area (Å²) in [6, 6.07) is 14.5. The van der Waals surface area contributed by atoms with Crippen LogP contribution in [-0.4, -0.2) is 0 Å². The van der Waals surface area contributed by atoms with Crippen LogP contribution in [0.1, 0.15) is 15.1 Å². The average Bonchev–Trinajstić information content (AvgIpc) is 3.48. The first-order valence-electron chi connectivity index (χ1n) is 17.3. The van der Waals surface area contributed by atoms with Crippen LogP contribution in [-0.2, 0) is 0 Å². The lowest BCUT2D eigenvalue weighted by Gasteiger charge is -2.18. The fourth-order valence-electron chi connectivity index (χ4n) is 5.24. The van der Waals surface area contributed by atoms with Crippen LogP contribution in [0.15, 0.2) is 138 Å². The van der Waals surface area contributed by atoms with E-state index in [9.17, 15) is 6.85 Å². The van der Waals surface area contributed by atoms with Crippen molar-refractivity contribution in [1.82, 2.24) is 0 Å². The molecule has 0 aliphatic carbocycles. The van der Waals surface area contributed by atoms with Gasteiger partial charge in [0.2, 0.25) is 0 Å². The van der Waals surface area contributed by atoms with Gasteiger partial charge in [-0.1, -0.05) is 121 Å². The van der Waals surface area contributed by atoms with Gasteiger partial charge in [-0.05, 0) is 55.6 Å². The molecule has 7 aromatic carbocycles. The Balaban J connectivity index is 1.74. The normalized spacial score (nSPS) is 15.9. The van der Waals surface area contributed by atoms with Crippen LogP contribution in [0.2, 0.25) is 0 Å². The molecule has 37 heavy (non-hydrogen) atoms. The number of fused-ring (bicyclic) bond motifs is 6. The summed E-state index contributed by atoms with van der Waals surface area (Å²) in [5.41, 5.74) is 0.820. The third-order valence-corrected chi connectivity index (χ3v) is 6.86. The number of rotatable bonds is 2. The van der Waals surface area contributed by atoms with Crippen molar-refractivity contribution in [2.75, 3.05) is 0 Å². The molecule has 0 aliphatic heterocycles. The first kappa shape index (κ1) is 12.4. The SMILES string of the molecule is [2H]c1c([2H])c([2H])c2c(oc3ccccc32)c1-c1c2c([2H])c([2H])c([2H])c([2H])c2c(-c2ccc3ccccc3c2)c2c([2H])c([2H])c([2H])c([2H])c12. The number of hydrogen-bond acceptors (Lipinski definition) is 1. The fraction of sp³-hybridized carbons (Fsp3) is 0. The van der Waals surface area contributed by atoms with Crippen LogP contribution in [0.5, 0.6) is 0 Å². The Morgan fingerprint density at radius 1 is 0.486 bits per heavy atom. The minimum Gasteiger partial charge on any atom is -0.455 e. The van der Waals surface area contributed by atoms with Gasteiger partial charge in [-0.2, -0.15) is 0 Å². The van der Waals surface area contributed by atoms with Gasteiger partial charge in [0, 0.05) is 21.9 Å². The van der Waals surface area contributed by atoms with E-state index in [1.807, 2.05) is 36.4 Å². The number of furan rings is 1. The Bertz CT molecular complexity index is 2670. The van der Waals surface area contributed by atoms with Crippen molar-refractivity contribution in [3.63, 3.8) is 0 Å². The number of hydrogen-bond donors (Lipinski definition) is 0. The third-order valence-electron chi connectivity index (χ3n) is 6.86. The fourth-order valence-corrected chi connectivity index (χ4v) is 5.24. The Morgan fingerprint density at radius 2 is 1.11 bits per heavy atom. The highest BCUT2D eigenvalue weighted by Gasteiger charge is 2.20. The molecular formula is C36H22O. The van der Waals surface area contributed by atoms with E-state index in [1.165, 1.54) is 0 Å². The zero-order valence-corrected chi connectivity index (χ0v) is 19.3. The summed E-state index contributed by atoms with van der Waals surface area (Å²) >= 11 is 0. The topological polar surface area (TPSA) is 13.1 Å². The average molecular weight is 482 g/mol. The van der Waals surface area contributed by atoms with Gasteiger partial charge in [-0.15, -0.1) is 0 Å². The maximum Gasteiger partial charge on any atom is 0.143 e. The largest absolute Gasteiger partial charge is 0.455 e. The van der Waals surface area contributed by atoms with Crippen molar-refractivity contribution in [3.8, 4) is 22.3 Å². The second-order valence-corrected chi connectivity index (χ2v) is 8.86. The minimum atomic E-state index is -0.575. The Kier molecular flexibility index (Phi) is 2.61. The first-order valence-corrected chi connectivity index (χ1v) is 11.8. The van der Waals surface area contributed by atoms with Crippen LogP contribution < -0.4 is 0 Å². The summed E-state index contributed by atoms with van der Waals surface area (Å²) in [4.78, 5) is 0. The zero-order valence-electron chi connectivity index (χ0n) is 30.3.